The SMILES string of the molecule is CCCCCCNC(=O)c1ccc(NC(=O)CC)cc1. The number of hydrogen-bond acceptors (Lipinski definition) is 2. The summed E-state index contributed by atoms with van der Waals surface area (Å²) in [5.41, 5.74) is 1.34. The predicted molar refractivity (Wildman–Crippen MR) is 81.8 cm³/mol. The van der Waals surface area contributed by atoms with Crippen LogP contribution >= 0.6 is 0 Å². The summed E-state index contributed by atoms with van der Waals surface area (Å²) >= 11 is 0. The van der Waals surface area contributed by atoms with Gasteiger partial charge >= 0.3 is 0 Å². The first-order valence-electron chi connectivity index (χ1n) is 7.35. The number of carbonyl (C=O) groups is 2. The van der Waals surface area contributed by atoms with Crippen LogP contribution in [-0.2, 0) is 4.79 Å². The summed E-state index contributed by atoms with van der Waals surface area (Å²) in [6, 6.07) is 6.96. The van der Waals surface area contributed by atoms with Gasteiger partial charge in [-0.1, -0.05) is 33.1 Å². The molecule has 20 heavy (non-hydrogen) atoms. The molecule has 1 rings (SSSR count). The van der Waals surface area contributed by atoms with Gasteiger partial charge in [0.1, 0.15) is 0 Å². The molecular formula is C16H24N2O2. The molecule has 0 radical (unpaired) electrons. The summed E-state index contributed by atoms with van der Waals surface area (Å²) in [5, 5.41) is 5.66. The maximum atomic E-state index is 11.9. The molecule has 4 heteroatoms. The number of unbranched alkanes of at least 4 members (excludes halogenated alkanes) is 3. The van der Waals surface area contributed by atoms with Crippen LogP contribution in [0.25, 0.3) is 0 Å². The highest BCUT2D eigenvalue weighted by molar-refractivity contribution is 5.95. The van der Waals surface area contributed by atoms with Gasteiger partial charge in [-0.05, 0) is 30.7 Å². The lowest BCUT2D eigenvalue weighted by Crippen LogP contribution is -2.24. The van der Waals surface area contributed by atoms with Gasteiger partial charge in [0.15, 0.2) is 0 Å². The second kappa shape index (κ2) is 9.13. The van der Waals surface area contributed by atoms with Gasteiger partial charge in [0.2, 0.25) is 5.91 Å². The largest absolute Gasteiger partial charge is 0.352 e. The first-order valence-corrected chi connectivity index (χ1v) is 7.35. The smallest absolute Gasteiger partial charge is 0.251 e. The van der Waals surface area contributed by atoms with Gasteiger partial charge < -0.3 is 10.6 Å². The lowest BCUT2D eigenvalue weighted by atomic mass is 10.1. The summed E-state index contributed by atoms with van der Waals surface area (Å²) in [4.78, 5) is 23.1. The Bertz CT molecular complexity index is 427. The molecule has 0 fully saturated rings. The van der Waals surface area contributed by atoms with Crippen molar-refractivity contribution in [3.8, 4) is 0 Å². The number of carbonyl (C=O) groups excluding carboxylic acids is 2. The Hall–Kier alpha value is -1.84. The fraction of sp³-hybridized carbons (Fsp3) is 0.500. The normalized spacial score (nSPS) is 10.1. The summed E-state index contributed by atoms with van der Waals surface area (Å²) in [5.74, 6) is -0.0898. The van der Waals surface area contributed by atoms with E-state index in [1.807, 2.05) is 0 Å². The van der Waals surface area contributed by atoms with E-state index in [9.17, 15) is 9.59 Å². The molecule has 2 N–H and O–H groups in total. The van der Waals surface area contributed by atoms with Crippen LogP contribution < -0.4 is 10.6 Å². The maximum absolute atomic E-state index is 11.9. The zero-order valence-electron chi connectivity index (χ0n) is 12.4. The van der Waals surface area contributed by atoms with Crippen LogP contribution in [0, 0.1) is 0 Å². The first-order chi connectivity index (χ1) is 9.67. The minimum atomic E-state index is -0.0603. The molecule has 0 atom stereocenters. The first kappa shape index (κ1) is 16.2. The minimum absolute atomic E-state index is 0.0295. The molecule has 0 unspecified atom stereocenters. The van der Waals surface area contributed by atoms with Gasteiger partial charge in [-0.3, -0.25) is 9.59 Å². The molecule has 0 bridgehead atoms. The zero-order chi connectivity index (χ0) is 14.8. The Balaban J connectivity index is 2.39. The van der Waals surface area contributed by atoms with Crippen molar-refractivity contribution in [3.05, 3.63) is 29.8 Å². The Kier molecular flexibility index (Phi) is 7.40. The molecule has 0 saturated heterocycles. The molecule has 0 aliphatic rings. The lowest BCUT2D eigenvalue weighted by molar-refractivity contribution is -0.115. The maximum Gasteiger partial charge on any atom is 0.251 e. The van der Waals surface area contributed by atoms with Crippen LogP contribution in [0.5, 0.6) is 0 Å². The number of amides is 2. The predicted octanol–water partition coefficient (Wildman–Crippen LogP) is 3.35. The molecule has 2 amide bonds. The second-order valence-corrected chi connectivity index (χ2v) is 4.80. The average Bonchev–Trinajstić information content (AvgIpc) is 2.47. The molecule has 0 saturated carbocycles. The lowest BCUT2D eigenvalue weighted by Gasteiger charge is -2.07. The summed E-state index contributed by atoms with van der Waals surface area (Å²) in [6.07, 6.45) is 5.02. The Morgan fingerprint density at radius 2 is 1.70 bits per heavy atom. The molecular weight excluding hydrogens is 252 g/mol. The van der Waals surface area contributed by atoms with Crippen LogP contribution in [0.1, 0.15) is 56.3 Å². The number of anilines is 1. The molecule has 110 valence electrons. The van der Waals surface area contributed by atoms with Gasteiger partial charge in [0.05, 0.1) is 0 Å². The summed E-state index contributed by atoms with van der Waals surface area (Å²) in [6.45, 7) is 4.68. The third-order valence-electron chi connectivity index (χ3n) is 3.07. The standard InChI is InChI=1S/C16H24N2O2/c1-3-5-6-7-12-17-16(20)13-8-10-14(11-9-13)18-15(19)4-2/h8-11H,3-7,12H2,1-2H3,(H,17,20)(H,18,19). The molecule has 1 aromatic rings. The highest BCUT2D eigenvalue weighted by Crippen LogP contribution is 2.10. The van der Waals surface area contributed by atoms with Crippen molar-refractivity contribution in [1.82, 2.24) is 5.32 Å². The highest BCUT2D eigenvalue weighted by Gasteiger charge is 2.05. The van der Waals surface area contributed by atoms with Crippen molar-refractivity contribution in [2.24, 2.45) is 0 Å². The van der Waals surface area contributed by atoms with Crippen molar-refractivity contribution in [2.45, 2.75) is 46.0 Å². The van der Waals surface area contributed by atoms with Crippen molar-refractivity contribution in [2.75, 3.05) is 11.9 Å². The van der Waals surface area contributed by atoms with E-state index in [2.05, 4.69) is 17.6 Å². The van der Waals surface area contributed by atoms with Crippen molar-refractivity contribution >= 4 is 17.5 Å². The van der Waals surface area contributed by atoms with Gasteiger partial charge in [0, 0.05) is 24.2 Å². The molecule has 4 nitrogen and oxygen atoms in total. The van der Waals surface area contributed by atoms with Crippen molar-refractivity contribution < 1.29 is 9.59 Å². The van der Waals surface area contributed by atoms with Crippen LogP contribution in [0.15, 0.2) is 24.3 Å². The van der Waals surface area contributed by atoms with Gasteiger partial charge in [-0.15, -0.1) is 0 Å². The fourth-order valence-corrected chi connectivity index (χ4v) is 1.81. The number of hydrogen-bond donors (Lipinski definition) is 2. The van der Waals surface area contributed by atoms with E-state index in [4.69, 9.17) is 0 Å². The summed E-state index contributed by atoms with van der Waals surface area (Å²) in [7, 11) is 0. The molecule has 0 aliphatic carbocycles. The summed E-state index contributed by atoms with van der Waals surface area (Å²) < 4.78 is 0. The number of rotatable bonds is 8. The van der Waals surface area contributed by atoms with E-state index in [-0.39, 0.29) is 11.8 Å². The van der Waals surface area contributed by atoms with Crippen LogP contribution in [0.4, 0.5) is 5.69 Å². The Morgan fingerprint density at radius 1 is 1.00 bits per heavy atom. The highest BCUT2D eigenvalue weighted by atomic mass is 16.2. The Labute approximate surface area is 121 Å². The number of benzene rings is 1. The van der Waals surface area contributed by atoms with Crippen molar-refractivity contribution in [1.29, 1.82) is 0 Å². The molecule has 1 aromatic carbocycles. The van der Waals surface area contributed by atoms with E-state index in [0.29, 0.717) is 18.5 Å². The zero-order valence-corrected chi connectivity index (χ0v) is 12.4. The van der Waals surface area contributed by atoms with E-state index in [1.165, 1.54) is 12.8 Å². The van der Waals surface area contributed by atoms with Gasteiger partial charge in [-0.25, -0.2) is 0 Å². The molecule has 0 aromatic heterocycles. The van der Waals surface area contributed by atoms with Gasteiger partial charge in [-0.2, -0.15) is 0 Å². The topological polar surface area (TPSA) is 58.2 Å². The third-order valence-corrected chi connectivity index (χ3v) is 3.07. The fourth-order valence-electron chi connectivity index (χ4n) is 1.81. The van der Waals surface area contributed by atoms with E-state index in [1.54, 1.807) is 31.2 Å². The third kappa shape index (κ3) is 5.87. The van der Waals surface area contributed by atoms with Gasteiger partial charge in [0.25, 0.3) is 5.91 Å². The van der Waals surface area contributed by atoms with Crippen LogP contribution in [-0.4, -0.2) is 18.4 Å². The number of nitrogens with one attached hydrogen (secondary N) is 2. The monoisotopic (exact) mass is 276 g/mol. The second-order valence-electron chi connectivity index (χ2n) is 4.80. The van der Waals surface area contributed by atoms with Crippen LogP contribution in [0.3, 0.4) is 0 Å². The van der Waals surface area contributed by atoms with Crippen molar-refractivity contribution in [3.63, 3.8) is 0 Å². The minimum Gasteiger partial charge on any atom is -0.352 e. The Morgan fingerprint density at radius 3 is 2.30 bits per heavy atom. The quantitative estimate of drug-likeness (QED) is 0.715. The average molecular weight is 276 g/mol. The van der Waals surface area contributed by atoms with E-state index < -0.39 is 0 Å². The van der Waals surface area contributed by atoms with Crippen LogP contribution in [0.2, 0.25) is 0 Å². The molecule has 0 aliphatic heterocycles. The van der Waals surface area contributed by atoms with E-state index >= 15 is 0 Å². The van der Waals surface area contributed by atoms with E-state index in [0.717, 1.165) is 18.5 Å². The molecule has 0 spiro atoms. The molecule has 0 heterocycles.